The molecule has 2 unspecified atom stereocenters. The Bertz CT molecular complexity index is 885. The van der Waals surface area contributed by atoms with Gasteiger partial charge in [-0.1, -0.05) is 18.2 Å². The van der Waals surface area contributed by atoms with Gasteiger partial charge in [0, 0.05) is 20.1 Å². The van der Waals surface area contributed by atoms with E-state index in [-0.39, 0.29) is 18.1 Å². The second-order valence-electron chi connectivity index (χ2n) is 7.75. The number of carbonyl (C=O) groups excluding carboxylic acids is 1. The van der Waals surface area contributed by atoms with Gasteiger partial charge in [0.1, 0.15) is 12.4 Å². The van der Waals surface area contributed by atoms with Gasteiger partial charge in [-0.3, -0.25) is 9.69 Å². The van der Waals surface area contributed by atoms with Crippen LogP contribution in [0.2, 0.25) is 0 Å². The monoisotopic (exact) mass is 396 g/mol. The predicted molar refractivity (Wildman–Crippen MR) is 111 cm³/mol. The molecule has 0 radical (unpaired) electrons. The van der Waals surface area contributed by atoms with Gasteiger partial charge in [0.15, 0.2) is 17.6 Å². The van der Waals surface area contributed by atoms with Crippen LogP contribution in [-0.4, -0.2) is 61.7 Å². The lowest BCUT2D eigenvalue weighted by Gasteiger charge is -2.36. The number of methoxy groups -OCH3 is 1. The van der Waals surface area contributed by atoms with Crippen molar-refractivity contribution in [1.82, 2.24) is 9.80 Å². The number of para-hydroxylation sites is 2. The summed E-state index contributed by atoms with van der Waals surface area (Å²) >= 11 is 0. The molecule has 1 amide bonds. The van der Waals surface area contributed by atoms with E-state index in [9.17, 15) is 4.79 Å². The third kappa shape index (κ3) is 4.17. The molecule has 0 aromatic heterocycles. The Morgan fingerprint density at radius 3 is 2.83 bits per heavy atom. The molecule has 2 aromatic carbocycles. The number of carbonyl (C=O) groups is 1. The molecule has 6 heteroatoms. The molecular weight excluding hydrogens is 368 g/mol. The standard InChI is InChI=1S/C23H28N2O4/c1-16(25-11-10-17-8-9-19(27-3)12-18(17)13-25)23(26)24(2)14-20-15-28-21-6-4-5-7-22(21)29-20/h4-9,12,16,20H,10-11,13-15H2,1-3H3. The maximum absolute atomic E-state index is 13.1. The fraction of sp³-hybridized carbons (Fsp3) is 0.435. The van der Waals surface area contributed by atoms with Crippen LogP contribution in [0.1, 0.15) is 18.1 Å². The lowest BCUT2D eigenvalue weighted by molar-refractivity contribution is -0.136. The first-order chi connectivity index (χ1) is 14.0. The Kier molecular flexibility index (Phi) is 5.62. The molecule has 154 valence electrons. The molecule has 0 aliphatic carbocycles. The summed E-state index contributed by atoms with van der Waals surface area (Å²) in [5.74, 6) is 2.45. The SMILES string of the molecule is COc1ccc2c(c1)CN(C(C)C(=O)N(C)CC1COc3ccccc3O1)CC2. The van der Waals surface area contributed by atoms with Crippen LogP contribution >= 0.6 is 0 Å². The van der Waals surface area contributed by atoms with Crippen molar-refractivity contribution in [3.05, 3.63) is 53.6 Å². The molecule has 6 nitrogen and oxygen atoms in total. The van der Waals surface area contributed by atoms with Crippen molar-refractivity contribution in [3.63, 3.8) is 0 Å². The molecular formula is C23H28N2O4. The summed E-state index contributed by atoms with van der Waals surface area (Å²) in [5.41, 5.74) is 2.57. The molecule has 2 aromatic rings. The highest BCUT2D eigenvalue weighted by molar-refractivity contribution is 5.81. The summed E-state index contributed by atoms with van der Waals surface area (Å²) in [6.07, 6.45) is 0.772. The van der Waals surface area contributed by atoms with E-state index in [4.69, 9.17) is 14.2 Å². The number of nitrogens with zero attached hydrogens (tertiary/aromatic N) is 2. The van der Waals surface area contributed by atoms with Crippen molar-refractivity contribution in [2.45, 2.75) is 32.0 Å². The van der Waals surface area contributed by atoms with Gasteiger partial charge in [-0.05, 0) is 48.7 Å². The number of hydrogen-bond donors (Lipinski definition) is 0. The Morgan fingerprint density at radius 2 is 2.03 bits per heavy atom. The van der Waals surface area contributed by atoms with Crippen LogP contribution in [0, 0.1) is 0 Å². The average Bonchev–Trinajstić information content (AvgIpc) is 2.77. The predicted octanol–water partition coefficient (Wildman–Crippen LogP) is 2.74. The van der Waals surface area contributed by atoms with Crippen LogP contribution in [-0.2, 0) is 17.8 Å². The molecule has 2 heterocycles. The van der Waals surface area contributed by atoms with Crippen molar-refractivity contribution in [2.24, 2.45) is 0 Å². The second kappa shape index (κ2) is 8.33. The lowest BCUT2D eigenvalue weighted by atomic mass is 9.98. The number of hydrogen-bond acceptors (Lipinski definition) is 5. The largest absolute Gasteiger partial charge is 0.497 e. The number of fused-ring (bicyclic) bond motifs is 2. The van der Waals surface area contributed by atoms with Crippen molar-refractivity contribution in [1.29, 1.82) is 0 Å². The van der Waals surface area contributed by atoms with Crippen molar-refractivity contribution in [2.75, 3.05) is 33.9 Å². The van der Waals surface area contributed by atoms with Gasteiger partial charge in [0.05, 0.1) is 19.7 Å². The summed E-state index contributed by atoms with van der Waals surface area (Å²) in [6.45, 7) is 4.55. The molecule has 2 atom stereocenters. The zero-order chi connectivity index (χ0) is 20.4. The fourth-order valence-corrected chi connectivity index (χ4v) is 4.04. The zero-order valence-electron chi connectivity index (χ0n) is 17.3. The molecule has 0 saturated heterocycles. The molecule has 0 fully saturated rings. The van der Waals surface area contributed by atoms with Gasteiger partial charge in [0.25, 0.3) is 0 Å². The minimum Gasteiger partial charge on any atom is -0.497 e. The number of benzene rings is 2. The summed E-state index contributed by atoms with van der Waals surface area (Å²) in [4.78, 5) is 17.0. The van der Waals surface area contributed by atoms with Crippen LogP contribution in [0.5, 0.6) is 17.2 Å². The van der Waals surface area contributed by atoms with Gasteiger partial charge in [-0.25, -0.2) is 0 Å². The zero-order valence-corrected chi connectivity index (χ0v) is 17.3. The van der Waals surface area contributed by atoms with E-state index in [0.29, 0.717) is 13.2 Å². The van der Waals surface area contributed by atoms with E-state index in [1.54, 1.807) is 12.0 Å². The van der Waals surface area contributed by atoms with Crippen LogP contribution in [0.25, 0.3) is 0 Å². The molecule has 2 aliphatic heterocycles. The first-order valence-electron chi connectivity index (χ1n) is 10.1. The topological polar surface area (TPSA) is 51.2 Å². The van der Waals surface area contributed by atoms with Crippen LogP contribution in [0.15, 0.2) is 42.5 Å². The first kappa shape index (κ1) is 19.6. The number of rotatable bonds is 5. The van der Waals surface area contributed by atoms with Gasteiger partial charge >= 0.3 is 0 Å². The summed E-state index contributed by atoms with van der Waals surface area (Å²) < 4.78 is 17.1. The Morgan fingerprint density at radius 1 is 1.24 bits per heavy atom. The number of amides is 1. The quantitative estimate of drug-likeness (QED) is 0.778. The lowest BCUT2D eigenvalue weighted by Crippen LogP contribution is -2.50. The van der Waals surface area contributed by atoms with E-state index >= 15 is 0 Å². The molecule has 4 rings (SSSR count). The van der Waals surface area contributed by atoms with Crippen molar-refractivity contribution in [3.8, 4) is 17.2 Å². The summed E-state index contributed by atoms with van der Waals surface area (Å²) in [6, 6.07) is 13.6. The third-order valence-corrected chi connectivity index (χ3v) is 5.78. The van der Waals surface area contributed by atoms with E-state index in [2.05, 4.69) is 17.0 Å². The van der Waals surface area contributed by atoms with Gasteiger partial charge in [-0.2, -0.15) is 0 Å². The van der Waals surface area contributed by atoms with Crippen LogP contribution in [0.4, 0.5) is 0 Å². The minimum absolute atomic E-state index is 0.0961. The van der Waals surface area contributed by atoms with Crippen LogP contribution < -0.4 is 14.2 Å². The average molecular weight is 396 g/mol. The summed E-state index contributed by atoms with van der Waals surface area (Å²) in [7, 11) is 3.52. The molecule has 0 bridgehead atoms. The molecule has 0 spiro atoms. The highest BCUT2D eigenvalue weighted by Gasteiger charge is 2.30. The van der Waals surface area contributed by atoms with E-state index < -0.39 is 0 Å². The Hall–Kier alpha value is -2.73. The maximum atomic E-state index is 13.1. The van der Waals surface area contributed by atoms with Gasteiger partial charge in [0.2, 0.25) is 5.91 Å². The Labute approximate surface area is 172 Å². The molecule has 0 N–H and O–H groups in total. The minimum atomic E-state index is -0.198. The van der Waals surface area contributed by atoms with E-state index in [0.717, 1.165) is 36.8 Å². The van der Waals surface area contributed by atoms with E-state index in [1.165, 1.54) is 11.1 Å². The molecule has 0 saturated carbocycles. The van der Waals surface area contributed by atoms with Gasteiger partial charge in [-0.15, -0.1) is 0 Å². The normalized spacial score (nSPS) is 19.2. The van der Waals surface area contributed by atoms with Crippen molar-refractivity contribution >= 4 is 5.91 Å². The Balaban J connectivity index is 1.36. The number of likely N-dealkylation sites (N-methyl/N-ethyl adjacent to an activating group) is 1. The smallest absolute Gasteiger partial charge is 0.239 e. The maximum Gasteiger partial charge on any atom is 0.239 e. The fourth-order valence-electron chi connectivity index (χ4n) is 4.04. The van der Waals surface area contributed by atoms with E-state index in [1.807, 2.05) is 44.3 Å². The first-order valence-corrected chi connectivity index (χ1v) is 10.1. The molecule has 29 heavy (non-hydrogen) atoms. The highest BCUT2D eigenvalue weighted by atomic mass is 16.6. The number of ether oxygens (including phenoxy) is 3. The second-order valence-corrected chi connectivity index (χ2v) is 7.75. The van der Waals surface area contributed by atoms with Crippen LogP contribution in [0.3, 0.4) is 0 Å². The third-order valence-electron chi connectivity index (χ3n) is 5.78. The molecule has 2 aliphatic rings. The van der Waals surface area contributed by atoms with Crippen molar-refractivity contribution < 1.29 is 19.0 Å². The highest BCUT2D eigenvalue weighted by Crippen LogP contribution is 2.31. The summed E-state index contributed by atoms with van der Waals surface area (Å²) in [5, 5.41) is 0. The van der Waals surface area contributed by atoms with Gasteiger partial charge < -0.3 is 19.1 Å².